The van der Waals surface area contributed by atoms with Crippen LogP contribution in [0.4, 0.5) is 5.82 Å². The summed E-state index contributed by atoms with van der Waals surface area (Å²) in [5.41, 5.74) is -0.115. The topological polar surface area (TPSA) is 47.5 Å². The summed E-state index contributed by atoms with van der Waals surface area (Å²) in [7, 11) is 0. The van der Waals surface area contributed by atoms with Gasteiger partial charge in [0.05, 0.1) is 26.0 Å². The third kappa shape index (κ3) is 1.76. The van der Waals surface area contributed by atoms with Crippen LogP contribution in [-0.4, -0.2) is 48.5 Å². The van der Waals surface area contributed by atoms with Gasteiger partial charge < -0.3 is 14.4 Å². The van der Waals surface area contributed by atoms with Gasteiger partial charge >= 0.3 is 0 Å². The van der Waals surface area contributed by atoms with E-state index >= 15 is 0 Å². The first-order valence-corrected chi connectivity index (χ1v) is 5.61. The molecular formula is C11H15N3O2. The van der Waals surface area contributed by atoms with Gasteiger partial charge in [-0.1, -0.05) is 0 Å². The van der Waals surface area contributed by atoms with Crippen molar-refractivity contribution in [3.05, 3.63) is 18.6 Å². The average molecular weight is 221 g/mol. The molecule has 1 unspecified atom stereocenters. The lowest BCUT2D eigenvalue weighted by molar-refractivity contribution is -0.0581. The largest absolute Gasteiger partial charge is 0.378 e. The number of morpholine rings is 1. The molecule has 3 heterocycles. The number of anilines is 1. The third-order valence-corrected chi connectivity index (χ3v) is 3.19. The number of ether oxygens (including phenoxy) is 2. The second-order valence-corrected chi connectivity index (χ2v) is 4.32. The van der Waals surface area contributed by atoms with Crippen molar-refractivity contribution in [2.75, 3.05) is 37.8 Å². The fourth-order valence-electron chi connectivity index (χ4n) is 2.32. The van der Waals surface area contributed by atoms with Crippen molar-refractivity contribution in [2.45, 2.75) is 12.0 Å². The van der Waals surface area contributed by atoms with Crippen molar-refractivity contribution >= 4 is 5.82 Å². The molecule has 5 heteroatoms. The van der Waals surface area contributed by atoms with Gasteiger partial charge in [0.2, 0.25) is 0 Å². The average Bonchev–Trinajstić information content (AvgIpc) is 2.78. The van der Waals surface area contributed by atoms with Gasteiger partial charge in [-0.25, -0.2) is 4.98 Å². The summed E-state index contributed by atoms with van der Waals surface area (Å²) in [6, 6.07) is 0. The van der Waals surface area contributed by atoms with E-state index in [0.717, 1.165) is 38.5 Å². The highest BCUT2D eigenvalue weighted by Gasteiger charge is 2.40. The molecule has 2 saturated heterocycles. The molecule has 0 aromatic carbocycles. The minimum atomic E-state index is -0.115. The fraction of sp³-hybridized carbons (Fsp3) is 0.636. The first kappa shape index (κ1) is 9.99. The van der Waals surface area contributed by atoms with Crippen LogP contribution in [0.25, 0.3) is 0 Å². The quantitative estimate of drug-likeness (QED) is 0.690. The van der Waals surface area contributed by atoms with Crippen LogP contribution in [0.2, 0.25) is 0 Å². The van der Waals surface area contributed by atoms with Crippen molar-refractivity contribution in [3.63, 3.8) is 0 Å². The molecule has 1 aromatic heterocycles. The Balaban J connectivity index is 1.77. The molecule has 5 nitrogen and oxygen atoms in total. The molecule has 1 spiro atoms. The van der Waals surface area contributed by atoms with Crippen LogP contribution in [0.1, 0.15) is 6.42 Å². The van der Waals surface area contributed by atoms with Crippen molar-refractivity contribution in [3.8, 4) is 0 Å². The highest BCUT2D eigenvalue weighted by molar-refractivity contribution is 5.36. The summed E-state index contributed by atoms with van der Waals surface area (Å²) in [5.74, 6) is 0.928. The molecule has 0 saturated carbocycles. The van der Waals surface area contributed by atoms with E-state index in [4.69, 9.17) is 9.47 Å². The second-order valence-electron chi connectivity index (χ2n) is 4.32. The normalized spacial score (nSPS) is 29.9. The van der Waals surface area contributed by atoms with Crippen LogP contribution < -0.4 is 4.90 Å². The Labute approximate surface area is 94.4 Å². The molecule has 0 amide bonds. The molecule has 3 rings (SSSR count). The van der Waals surface area contributed by atoms with Gasteiger partial charge in [-0.15, -0.1) is 0 Å². The van der Waals surface area contributed by atoms with E-state index < -0.39 is 0 Å². The summed E-state index contributed by atoms with van der Waals surface area (Å²) >= 11 is 0. The molecule has 1 aromatic rings. The summed E-state index contributed by atoms with van der Waals surface area (Å²) in [6.07, 6.45) is 6.19. The maximum absolute atomic E-state index is 5.86. The van der Waals surface area contributed by atoms with Crippen molar-refractivity contribution < 1.29 is 9.47 Å². The zero-order chi connectivity index (χ0) is 10.8. The lowest BCUT2D eigenvalue weighted by atomic mass is 10.0. The SMILES string of the molecule is c1cnc(N2CCOC3(CCOC3)C2)cn1. The number of rotatable bonds is 1. The predicted octanol–water partition coefficient (Wildman–Crippen LogP) is 0.472. The number of aromatic nitrogens is 2. The molecule has 0 aliphatic carbocycles. The van der Waals surface area contributed by atoms with E-state index in [9.17, 15) is 0 Å². The standard InChI is InChI=1S/C11H15N3O2/c1-5-15-9-11(1)8-14(4-6-16-11)10-7-12-2-3-13-10/h2-3,7H,1,4-6,8-9H2. The Morgan fingerprint density at radius 2 is 2.31 bits per heavy atom. The molecule has 1 atom stereocenters. The van der Waals surface area contributed by atoms with Gasteiger partial charge in [0.15, 0.2) is 0 Å². The lowest BCUT2D eigenvalue weighted by Crippen LogP contribution is -2.52. The predicted molar refractivity (Wildman–Crippen MR) is 58.4 cm³/mol. The van der Waals surface area contributed by atoms with E-state index in [1.807, 2.05) is 0 Å². The van der Waals surface area contributed by atoms with E-state index in [2.05, 4.69) is 14.9 Å². The molecule has 86 valence electrons. The summed E-state index contributed by atoms with van der Waals surface area (Å²) in [6.45, 7) is 3.96. The van der Waals surface area contributed by atoms with Gasteiger partial charge in [0.1, 0.15) is 11.4 Å². The van der Waals surface area contributed by atoms with Gasteiger partial charge in [-0.05, 0) is 0 Å². The molecular weight excluding hydrogens is 206 g/mol. The van der Waals surface area contributed by atoms with Crippen LogP contribution in [0.3, 0.4) is 0 Å². The molecule has 16 heavy (non-hydrogen) atoms. The molecule has 2 fully saturated rings. The highest BCUT2D eigenvalue weighted by Crippen LogP contribution is 2.28. The molecule has 0 N–H and O–H groups in total. The Hall–Kier alpha value is -1.20. The highest BCUT2D eigenvalue weighted by atomic mass is 16.6. The van der Waals surface area contributed by atoms with Crippen LogP contribution >= 0.6 is 0 Å². The van der Waals surface area contributed by atoms with Crippen molar-refractivity contribution in [2.24, 2.45) is 0 Å². The zero-order valence-corrected chi connectivity index (χ0v) is 9.13. The van der Waals surface area contributed by atoms with Gasteiger partial charge in [0, 0.05) is 32.0 Å². The van der Waals surface area contributed by atoms with Gasteiger partial charge in [-0.2, -0.15) is 0 Å². The first-order chi connectivity index (χ1) is 7.88. The summed E-state index contributed by atoms with van der Waals surface area (Å²) in [4.78, 5) is 10.7. The van der Waals surface area contributed by atoms with E-state index in [0.29, 0.717) is 6.61 Å². The molecule has 0 radical (unpaired) electrons. The molecule has 0 bridgehead atoms. The molecule has 2 aliphatic heterocycles. The van der Waals surface area contributed by atoms with Crippen molar-refractivity contribution in [1.29, 1.82) is 0 Å². The Morgan fingerprint density at radius 3 is 3.06 bits per heavy atom. The van der Waals surface area contributed by atoms with Gasteiger partial charge in [-0.3, -0.25) is 4.98 Å². The smallest absolute Gasteiger partial charge is 0.147 e. The Bertz CT molecular complexity index is 352. The minimum absolute atomic E-state index is 0.115. The van der Waals surface area contributed by atoms with Crippen LogP contribution in [0.5, 0.6) is 0 Å². The first-order valence-electron chi connectivity index (χ1n) is 5.61. The molecule has 2 aliphatic rings. The summed E-state index contributed by atoms with van der Waals surface area (Å²) in [5, 5.41) is 0. The maximum Gasteiger partial charge on any atom is 0.147 e. The Morgan fingerprint density at radius 1 is 1.31 bits per heavy atom. The summed E-state index contributed by atoms with van der Waals surface area (Å²) < 4.78 is 11.3. The number of nitrogens with zero attached hydrogens (tertiary/aromatic N) is 3. The monoisotopic (exact) mass is 221 g/mol. The Kier molecular flexibility index (Phi) is 2.49. The van der Waals surface area contributed by atoms with Gasteiger partial charge in [0.25, 0.3) is 0 Å². The van der Waals surface area contributed by atoms with E-state index in [1.165, 1.54) is 0 Å². The zero-order valence-electron chi connectivity index (χ0n) is 9.13. The van der Waals surface area contributed by atoms with Crippen LogP contribution in [-0.2, 0) is 9.47 Å². The third-order valence-electron chi connectivity index (χ3n) is 3.19. The minimum Gasteiger partial charge on any atom is -0.378 e. The maximum atomic E-state index is 5.86. The van der Waals surface area contributed by atoms with Crippen LogP contribution in [0, 0.1) is 0 Å². The lowest BCUT2D eigenvalue weighted by Gasteiger charge is -2.39. The fourth-order valence-corrected chi connectivity index (χ4v) is 2.32. The van der Waals surface area contributed by atoms with E-state index in [-0.39, 0.29) is 5.60 Å². The number of hydrogen-bond donors (Lipinski definition) is 0. The van der Waals surface area contributed by atoms with Crippen LogP contribution in [0.15, 0.2) is 18.6 Å². The van der Waals surface area contributed by atoms with Crippen molar-refractivity contribution in [1.82, 2.24) is 9.97 Å². The second kappa shape index (κ2) is 3.99. The van der Waals surface area contributed by atoms with E-state index in [1.54, 1.807) is 18.6 Å². The number of hydrogen-bond acceptors (Lipinski definition) is 5.